The number of hydrogen-bond donors (Lipinski definition) is 2. The van der Waals surface area contributed by atoms with Gasteiger partial charge in [0, 0.05) is 17.9 Å². The normalized spacial score (nSPS) is 10.3. The molecule has 5 nitrogen and oxygen atoms in total. The second kappa shape index (κ2) is 3.84. The van der Waals surface area contributed by atoms with Crippen LogP contribution in [0.25, 0.3) is 5.82 Å². The molecular formula is C9H10BN3O2. The van der Waals surface area contributed by atoms with Crippen molar-refractivity contribution >= 4 is 12.6 Å². The van der Waals surface area contributed by atoms with Gasteiger partial charge in [-0.15, -0.1) is 0 Å². The minimum absolute atomic E-state index is 0.364. The maximum absolute atomic E-state index is 8.88. The first kappa shape index (κ1) is 9.88. The Morgan fingerprint density at radius 2 is 2.07 bits per heavy atom. The summed E-state index contributed by atoms with van der Waals surface area (Å²) >= 11 is 0. The van der Waals surface area contributed by atoms with E-state index in [4.69, 9.17) is 10.0 Å². The Bertz CT molecular complexity index is 453. The van der Waals surface area contributed by atoms with Crippen LogP contribution in [0, 0.1) is 6.92 Å². The predicted octanol–water partition coefficient (Wildman–Crippen LogP) is -0.744. The van der Waals surface area contributed by atoms with Gasteiger partial charge in [0.1, 0.15) is 0 Å². The fourth-order valence-corrected chi connectivity index (χ4v) is 1.23. The van der Waals surface area contributed by atoms with Crippen molar-refractivity contribution in [1.29, 1.82) is 0 Å². The topological polar surface area (TPSA) is 71.2 Å². The lowest BCUT2D eigenvalue weighted by atomic mass is 9.82. The first-order valence-corrected chi connectivity index (χ1v) is 4.51. The van der Waals surface area contributed by atoms with Crippen LogP contribution < -0.4 is 5.46 Å². The van der Waals surface area contributed by atoms with Gasteiger partial charge in [0.05, 0.1) is 5.69 Å². The Kier molecular flexibility index (Phi) is 2.53. The Morgan fingerprint density at radius 1 is 1.27 bits per heavy atom. The Morgan fingerprint density at radius 3 is 2.53 bits per heavy atom. The minimum Gasteiger partial charge on any atom is -0.423 e. The molecule has 0 aromatic carbocycles. The van der Waals surface area contributed by atoms with E-state index in [-0.39, 0.29) is 0 Å². The molecule has 15 heavy (non-hydrogen) atoms. The van der Waals surface area contributed by atoms with E-state index in [0.29, 0.717) is 11.3 Å². The summed E-state index contributed by atoms with van der Waals surface area (Å²) in [6.07, 6.45) is 3.21. The van der Waals surface area contributed by atoms with E-state index in [0.717, 1.165) is 5.69 Å². The second-order valence-corrected chi connectivity index (χ2v) is 3.23. The number of aromatic nitrogens is 3. The number of aryl methyl sites for hydroxylation is 1. The molecule has 0 aliphatic carbocycles. The fourth-order valence-electron chi connectivity index (χ4n) is 1.23. The van der Waals surface area contributed by atoms with Crippen LogP contribution in [0.15, 0.2) is 30.6 Å². The van der Waals surface area contributed by atoms with Crippen LogP contribution in [0.3, 0.4) is 0 Å². The molecule has 0 fully saturated rings. The van der Waals surface area contributed by atoms with Gasteiger partial charge in [-0.2, -0.15) is 5.10 Å². The van der Waals surface area contributed by atoms with E-state index in [1.165, 1.54) is 6.20 Å². The van der Waals surface area contributed by atoms with Gasteiger partial charge in [-0.3, -0.25) is 0 Å². The molecule has 2 aromatic heterocycles. The molecule has 0 unspecified atom stereocenters. The second-order valence-electron chi connectivity index (χ2n) is 3.23. The summed E-state index contributed by atoms with van der Waals surface area (Å²) in [5.74, 6) is 0.646. The molecule has 0 atom stereocenters. The predicted molar refractivity (Wildman–Crippen MR) is 55.9 cm³/mol. The molecule has 2 N–H and O–H groups in total. The van der Waals surface area contributed by atoms with Gasteiger partial charge in [-0.05, 0) is 19.1 Å². The number of pyridine rings is 1. The summed E-state index contributed by atoms with van der Waals surface area (Å²) < 4.78 is 1.63. The highest BCUT2D eigenvalue weighted by molar-refractivity contribution is 6.58. The summed E-state index contributed by atoms with van der Waals surface area (Å²) in [6.45, 7) is 1.89. The molecule has 2 heterocycles. The van der Waals surface area contributed by atoms with Gasteiger partial charge >= 0.3 is 7.12 Å². The van der Waals surface area contributed by atoms with Crippen LogP contribution in [0.1, 0.15) is 5.69 Å². The van der Waals surface area contributed by atoms with Crippen LogP contribution in [-0.2, 0) is 0 Å². The van der Waals surface area contributed by atoms with Crippen molar-refractivity contribution in [1.82, 2.24) is 14.8 Å². The number of nitrogens with zero attached hydrogens (tertiary/aromatic N) is 3. The van der Waals surface area contributed by atoms with E-state index in [1.54, 1.807) is 23.0 Å². The van der Waals surface area contributed by atoms with Gasteiger partial charge in [0.25, 0.3) is 0 Å². The van der Waals surface area contributed by atoms with Crippen LogP contribution in [0.2, 0.25) is 0 Å². The molecule has 0 saturated heterocycles. The first-order valence-electron chi connectivity index (χ1n) is 4.51. The van der Waals surface area contributed by atoms with Crippen molar-refractivity contribution in [2.24, 2.45) is 0 Å². The van der Waals surface area contributed by atoms with Crippen LogP contribution in [-0.4, -0.2) is 31.9 Å². The lowest BCUT2D eigenvalue weighted by Crippen LogP contribution is -2.30. The van der Waals surface area contributed by atoms with Crippen molar-refractivity contribution in [3.8, 4) is 5.82 Å². The van der Waals surface area contributed by atoms with Gasteiger partial charge in [-0.1, -0.05) is 6.07 Å². The van der Waals surface area contributed by atoms with Gasteiger partial charge in [0.2, 0.25) is 0 Å². The van der Waals surface area contributed by atoms with Gasteiger partial charge in [-0.25, -0.2) is 9.67 Å². The molecule has 0 radical (unpaired) electrons. The van der Waals surface area contributed by atoms with E-state index in [9.17, 15) is 0 Å². The zero-order chi connectivity index (χ0) is 10.8. The zero-order valence-electron chi connectivity index (χ0n) is 8.20. The lowest BCUT2D eigenvalue weighted by molar-refractivity contribution is 0.425. The van der Waals surface area contributed by atoms with Crippen molar-refractivity contribution in [3.05, 3.63) is 36.3 Å². The number of rotatable bonds is 2. The Balaban J connectivity index is 2.31. The summed E-state index contributed by atoms with van der Waals surface area (Å²) in [4.78, 5) is 4.06. The highest BCUT2D eigenvalue weighted by Crippen LogP contribution is 2.01. The van der Waals surface area contributed by atoms with Crippen molar-refractivity contribution < 1.29 is 10.0 Å². The Labute approximate surface area is 87.2 Å². The lowest BCUT2D eigenvalue weighted by Gasteiger charge is -2.02. The quantitative estimate of drug-likeness (QED) is 0.630. The highest BCUT2D eigenvalue weighted by Gasteiger charge is 2.11. The average molecular weight is 203 g/mol. The van der Waals surface area contributed by atoms with Crippen molar-refractivity contribution in [2.45, 2.75) is 6.92 Å². The first-order chi connectivity index (χ1) is 7.16. The molecule has 0 spiro atoms. The van der Waals surface area contributed by atoms with E-state index >= 15 is 0 Å². The van der Waals surface area contributed by atoms with E-state index in [2.05, 4.69) is 10.1 Å². The minimum atomic E-state index is -1.48. The third kappa shape index (κ3) is 2.06. The summed E-state index contributed by atoms with van der Waals surface area (Å²) in [6, 6.07) is 5.15. The highest BCUT2D eigenvalue weighted by atomic mass is 16.4. The third-order valence-corrected chi connectivity index (χ3v) is 2.03. The molecule has 0 aliphatic rings. The zero-order valence-corrected chi connectivity index (χ0v) is 8.20. The van der Waals surface area contributed by atoms with Crippen molar-refractivity contribution in [3.63, 3.8) is 0 Å². The molecule has 0 bridgehead atoms. The van der Waals surface area contributed by atoms with Crippen LogP contribution in [0.5, 0.6) is 0 Å². The molecule has 0 amide bonds. The third-order valence-electron chi connectivity index (χ3n) is 2.03. The Hall–Kier alpha value is -1.66. The number of hydrogen-bond acceptors (Lipinski definition) is 4. The average Bonchev–Trinajstić information content (AvgIpc) is 2.65. The van der Waals surface area contributed by atoms with E-state index in [1.807, 2.05) is 13.0 Å². The van der Waals surface area contributed by atoms with Crippen molar-refractivity contribution in [2.75, 3.05) is 0 Å². The molecule has 2 rings (SSSR count). The fraction of sp³-hybridized carbons (Fsp3) is 0.111. The van der Waals surface area contributed by atoms with Gasteiger partial charge < -0.3 is 10.0 Å². The summed E-state index contributed by atoms with van der Waals surface area (Å²) in [5, 5.41) is 21.9. The molecule has 6 heteroatoms. The molecule has 0 saturated carbocycles. The molecular weight excluding hydrogens is 193 g/mol. The van der Waals surface area contributed by atoms with Crippen LogP contribution >= 0.6 is 0 Å². The largest absolute Gasteiger partial charge is 0.490 e. The standard InChI is InChI=1S/C9H10BN3O2/c1-7-4-5-13(12-7)9-3-2-8(6-11-9)10(14)15/h2-6,14-15H,1H3. The molecule has 0 aliphatic heterocycles. The molecule has 76 valence electrons. The van der Waals surface area contributed by atoms with E-state index < -0.39 is 7.12 Å². The SMILES string of the molecule is Cc1ccn(-c2ccc(B(O)O)cn2)n1. The summed E-state index contributed by atoms with van der Waals surface area (Å²) in [5.41, 5.74) is 1.27. The van der Waals surface area contributed by atoms with Gasteiger partial charge in [0.15, 0.2) is 5.82 Å². The smallest absolute Gasteiger partial charge is 0.423 e. The summed E-state index contributed by atoms with van der Waals surface area (Å²) in [7, 11) is -1.48. The monoisotopic (exact) mass is 203 g/mol. The van der Waals surface area contributed by atoms with Crippen LogP contribution in [0.4, 0.5) is 0 Å². The maximum Gasteiger partial charge on any atom is 0.490 e. The maximum atomic E-state index is 8.88. The molecule has 2 aromatic rings.